The van der Waals surface area contributed by atoms with Crippen LogP contribution in [0.2, 0.25) is 0 Å². The first-order valence-electron chi connectivity index (χ1n) is 11.9. The van der Waals surface area contributed by atoms with E-state index >= 15 is 0 Å². The van der Waals surface area contributed by atoms with Gasteiger partial charge in [0.15, 0.2) is 23.0 Å². The minimum atomic E-state index is -4.15. The van der Waals surface area contributed by atoms with Crippen molar-refractivity contribution in [1.82, 2.24) is 39.0 Å². The average molecular weight is 648 g/mol. The molecule has 6 rings (SSSR count). The number of aromatic nitrogens is 8. The summed E-state index contributed by atoms with van der Waals surface area (Å²) in [5, 5.41) is 0. The number of ether oxygens (including phenoxy) is 2. The predicted octanol–water partition coefficient (Wildman–Crippen LogP) is 0.657. The number of fused-ring (bicyclic) bond motifs is 6. The molecule has 2 unspecified atom stereocenters. The number of H-pyrrole nitrogens is 1. The van der Waals surface area contributed by atoms with Crippen LogP contribution in [0.25, 0.3) is 22.3 Å². The van der Waals surface area contributed by atoms with Gasteiger partial charge in [0.05, 0.1) is 25.7 Å². The number of rotatable bonds is 2. The molecular weight excluding hydrogens is 624 g/mol. The van der Waals surface area contributed by atoms with E-state index in [4.69, 9.17) is 45.1 Å². The highest BCUT2D eigenvalue weighted by Gasteiger charge is 2.50. The second-order valence-corrected chi connectivity index (χ2v) is 14.6. The number of methoxy groups -OCH3 is 1. The molecule has 0 amide bonds. The van der Waals surface area contributed by atoms with Crippen molar-refractivity contribution in [2.24, 2.45) is 0 Å². The Kier molecular flexibility index (Phi) is 7.75. The van der Waals surface area contributed by atoms with E-state index in [1.807, 2.05) is 0 Å². The van der Waals surface area contributed by atoms with Crippen LogP contribution in [0, 0.1) is 0 Å². The van der Waals surface area contributed by atoms with Crippen molar-refractivity contribution < 1.29 is 37.0 Å². The van der Waals surface area contributed by atoms with Gasteiger partial charge in [-0.3, -0.25) is 23.4 Å². The third-order valence-electron chi connectivity index (χ3n) is 6.35. The number of thiol groups is 1. The molecule has 0 aliphatic carbocycles. The molecule has 0 radical (unpaired) electrons. The Balaban J connectivity index is 1.40. The Morgan fingerprint density at radius 2 is 2.10 bits per heavy atom. The molecule has 1 saturated heterocycles. The molecule has 4 N–H and O–H groups in total. The summed E-state index contributed by atoms with van der Waals surface area (Å²) in [7, 11) is 1.38. The third-order valence-corrected chi connectivity index (χ3v) is 9.57. The molecule has 6 atom stereocenters. The van der Waals surface area contributed by atoms with Gasteiger partial charge in [0.25, 0.3) is 5.56 Å². The van der Waals surface area contributed by atoms with Crippen molar-refractivity contribution in [3.8, 4) is 0 Å². The summed E-state index contributed by atoms with van der Waals surface area (Å²) in [6, 6.07) is 0. The molecule has 2 aliphatic rings. The van der Waals surface area contributed by atoms with E-state index < -0.39 is 43.6 Å². The maximum Gasteiger partial charge on any atom is 0.387 e. The normalized spacial score (nSPS) is 31.6. The maximum absolute atomic E-state index is 13.6. The van der Waals surface area contributed by atoms with E-state index in [1.54, 1.807) is 4.57 Å². The Morgan fingerprint density at radius 1 is 1.27 bits per heavy atom. The molecule has 18 nitrogen and oxygen atoms in total. The molecule has 0 aromatic carbocycles. The molecule has 2 bridgehead atoms. The van der Waals surface area contributed by atoms with E-state index in [2.05, 4.69) is 42.2 Å². The second kappa shape index (κ2) is 11.1. The zero-order valence-corrected chi connectivity index (χ0v) is 24.5. The fourth-order valence-corrected chi connectivity index (χ4v) is 7.14. The first-order valence-corrected chi connectivity index (χ1v) is 17.2. The van der Waals surface area contributed by atoms with Crippen LogP contribution >= 0.6 is 25.8 Å². The molecule has 4 aromatic heterocycles. The van der Waals surface area contributed by atoms with E-state index in [9.17, 15) is 14.3 Å². The van der Waals surface area contributed by atoms with Gasteiger partial charge in [0, 0.05) is 13.7 Å². The quantitative estimate of drug-likeness (QED) is 0.173. The predicted molar refractivity (Wildman–Crippen MR) is 147 cm³/mol. The summed E-state index contributed by atoms with van der Waals surface area (Å²) in [6.45, 7) is -8.43. The zero-order chi connectivity index (χ0) is 28.9. The zero-order valence-electron chi connectivity index (χ0n) is 21.0. The molecule has 22 heteroatoms. The van der Waals surface area contributed by atoms with Crippen LogP contribution in [0.3, 0.4) is 0 Å². The molecule has 0 saturated carbocycles. The Labute approximate surface area is 240 Å². The van der Waals surface area contributed by atoms with Gasteiger partial charge in [0.2, 0.25) is 5.95 Å². The van der Waals surface area contributed by atoms with Crippen molar-refractivity contribution in [2.75, 3.05) is 26.1 Å². The topological polar surface area (TPSA) is 226 Å². The number of hydrogen-bond acceptors (Lipinski definition) is 15. The van der Waals surface area contributed by atoms with Crippen molar-refractivity contribution in [2.45, 2.75) is 37.7 Å². The van der Waals surface area contributed by atoms with E-state index in [0.717, 1.165) is 0 Å². The first kappa shape index (κ1) is 28.8. The lowest BCUT2D eigenvalue weighted by Crippen LogP contribution is -2.37. The molecule has 6 heterocycles. The lowest BCUT2D eigenvalue weighted by atomic mass is 10.1. The van der Waals surface area contributed by atoms with Gasteiger partial charge in [-0.2, -0.15) is 4.98 Å². The minimum absolute atomic E-state index is 0.0241. The highest BCUT2D eigenvalue weighted by atomic mass is 32.7. The van der Waals surface area contributed by atoms with Crippen molar-refractivity contribution >= 4 is 65.8 Å². The number of nitrogen functional groups attached to an aromatic ring is 1. The van der Waals surface area contributed by atoms with Crippen LogP contribution in [0.1, 0.15) is 12.1 Å². The molecule has 41 heavy (non-hydrogen) atoms. The lowest BCUT2D eigenvalue weighted by Gasteiger charge is -2.26. The van der Waals surface area contributed by atoms with Crippen molar-refractivity contribution in [3.05, 3.63) is 35.0 Å². The number of nitrogens with zero attached hydrogens (tertiary/aromatic N) is 7. The van der Waals surface area contributed by atoms with Gasteiger partial charge in [0.1, 0.15) is 42.6 Å². The van der Waals surface area contributed by atoms with Crippen molar-refractivity contribution in [1.29, 1.82) is 0 Å². The fraction of sp³-hybridized carbons (Fsp3) is 0.474. The van der Waals surface area contributed by atoms with Gasteiger partial charge >= 0.3 is 13.5 Å². The smallest absolute Gasteiger partial charge is 0.376 e. The largest absolute Gasteiger partial charge is 0.387 e. The monoisotopic (exact) mass is 647 g/mol. The van der Waals surface area contributed by atoms with Crippen LogP contribution in [0.5, 0.6) is 0 Å². The van der Waals surface area contributed by atoms with Crippen LogP contribution in [-0.4, -0.2) is 82.6 Å². The molecule has 0 spiro atoms. The van der Waals surface area contributed by atoms with Crippen LogP contribution in [-0.2, 0) is 57.1 Å². The van der Waals surface area contributed by atoms with E-state index in [0.29, 0.717) is 17.0 Å². The highest BCUT2D eigenvalue weighted by Crippen LogP contribution is 2.57. The number of anilines is 1. The number of imidazole rings is 2. The Bertz CT molecular complexity index is 1770. The summed E-state index contributed by atoms with van der Waals surface area (Å²) in [5.74, 6) is 0.148. The number of hydrogen-bond donors (Lipinski definition) is 4. The molecular formula is C19H23N9O9P2S2. The van der Waals surface area contributed by atoms with Gasteiger partial charge in [-0.05, 0) is 11.8 Å². The average Bonchev–Trinajstić information content (AvgIpc) is 3.59. The van der Waals surface area contributed by atoms with Gasteiger partial charge in [-0.1, -0.05) is 12.2 Å². The molecule has 1 fully saturated rings. The summed E-state index contributed by atoms with van der Waals surface area (Å²) < 4.78 is 51.1. The summed E-state index contributed by atoms with van der Waals surface area (Å²) in [4.78, 5) is 46.4. The maximum atomic E-state index is 13.6. The van der Waals surface area contributed by atoms with Crippen LogP contribution in [0.15, 0.2) is 23.6 Å². The highest BCUT2D eigenvalue weighted by molar-refractivity contribution is 8.44. The van der Waals surface area contributed by atoms with Crippen LogP contribution < -0.4 is 11.3 Å². The SMILES string of the molecule is CO[C@@H]1[C@H]2OP(=O)(S)OCc3nc4cncnc4n3CCOP(O)(=S)OC[C@H]1O[C@@H]2n1cnc2c(=O)[nH]c(N)nc21. The lowest BCUT2D eigenvalue weighted by molar-refractivity contribution is -0.0509. The minimum Gasteiger partial charge on any atom is -0.376 e. The van der Waals surface area contributed by atoms with Crippen LogP contribution in [0.4, 0.5) is 5.95 Å². The Hall–Kier alpha value is -2.35. The van der Waals surface area contributed by atoms with Crippen molar-refractivity contribution in [3.63, 3.8) is 0 Å². The number of aromatic amines is 1. The first-order chi connectivity index (χ1) is 19.5. The fourth-order valence-electron chi connectivity index (χ4n) is 4.64. The number of nitrogens with one attached hydrogen (secondary N) is 1. The standard InChI is InChI=1S/C19H23N9O9P2S2/c1-32-13-10-5-34-38(30,40)33-3-2-27-11(24-9-4-21-7-22-15(9)27)6-35-39(31,41)37-14(13)18(36-10)28-8-23-12-16(28)25-19(20)26-17(12)29/h4,7-8,10,13-14,18H,2-3,5-6H2,1H3,(H,30,40)(H,31,41)(H3,20,25,26,29)/t10-,13+,14-,18+,38?,39?/m1/s1. The van der Waals surface area contributed by atoms with Gasteiger partial charge in [-0.25, -0.2) is 24.5 Å². The number of nitrogens with two attached hydrogens (primary N) is 1. The third kappa shape index (κ3) is 5.70. The van der Waals surface area contributed by atoms with E-state index in [1.165, 1.54) is 30.5 Å². The molecule has 2 aliphatic heterocycles. The van der Waals surface area contributed by atoms with Gasteiger partial charge < -0.3 is 33.7 Å². The summed E-state index contributed by atoms with van der Waals surface area (Å²) in [6.07, 6.45) is -0.0678. The summed E-state index contributed by atoms with van der Waals surface area (Å²) >= 11 is 9.40. The Morgan fingerprint density at radius 3 is 2.90 bits per heavy atom. The summed E-state index contributed by atoms with van der Waals surface area (Å²) in [5.41, 5.74) is 6.12. The van der Waals surface area contributed by atoms with Gasteiger partial charge in [-0.15, -0.1) is 0 Å². The second-order valence-electron chi connectivity index (χ2n) is 8.86. The van der Waals surface area contributed by atoms with E-state index in [-0.39, 0.29) is 43.5 Å². The molecule has 4 aromatic rings. The molecule has 220 valence electrons.